The van der Waals surface area contributed by atoms with Gasteiger partial charge in [-0.2, -0.15) is 5.26 Å². The Labute approximate surface area is 211 Å². The third-order valence-electron chi connectivity index (χ3n) is 5.81. The number of H-pyrrole nitrogens is 1. The summed E-state index contributed by atoms with van der Waals surface area (Å²) in [6.45, 7) is 0.632. The van der Waals surface area contributed by atoms with E-state index in [1.807, 2.05) is 18.8 Å². The molecule has 0 spiro atoms. The van der Waals surface area contributed by atoms with Gasteiger partial charge in [-0.1, -0.05) is 11.6 Å². The number of nitriles is 1. The molecule has 0 aliphatic carbocycles. The summed E-state index contributed by atoms with van der Waals surface area (Å²) in [5.74, 6) is -0.349. The highest BCUT2D eigenvalue weighted by Crippen LogP contribution is 2.35. The molecule has 1 aliphatic heterocycles. The summed E-state index contributed by atoms with van der Waals surface area (Å²) in [4.78, 5) is 41.4. The molecule has 3 rings (SSSR count). The van der Waals surface area contributed by atoms with Crippen molar-refractivity contribution in [2.45, 2.75) is 31.3 Å². The number of carbonyl (C=O) groups is 3. The van der Waals surface area contributed by atoms with Crippen LogP contribution in [-0.4, -0.2) is 73.0 Å². The number of fused-ring (bicyclic) bond motifs is 1. The smallest absolute Gasteiger partial charge is 0.268 e. The van der Waals surface area contributed by atoms with Crippen molar-refractivity contribution in [3.05, 3.63) is 28.9 Å². The number of hydrogen-bond acceptors (Lipinski definition) is 5. The predicted molar refractivity (Wildman–Crippen MR) is 139 cm³/mol. The van der Waals surface area contributed by atoms with Crippen LogP contribution in [0.15, 0.2) is 18.2 Å². The molecule has 2 aromatic rings. The first kappa shape index (κ1) is 26.7. The Bertz CT molecular complexity index is 1150. The number of nitrogens with one attached hydrogen (secondary N) is 4. The van der Waals surface area contributed by atoms with Crippen molar-refractivity contribution in [1.29, 1.82) is 5.26 Å². The molecule has 9 nitrogen and oxygen atoms in total. The number of amides is 3. The zero-order valence-electron chi connectivity index (χ0n) is 20.4. The van der Waals surface area contributed by atoms with Gasteiger partial charge in [0.05, 0.1) is 18.7 Å². The van der Waals surface area contributed by atoms with E-state index >= 15 is 0 Å². The molecule has 2 heterocycles. The lowest BCUT2D eigenvalue weighted by atomic mass is 9.92. The SMILES string of the molecule is COc1cc(Cl)cc2[nH]c(C(=O)N[C@@H](CS(C)(C)C)C(=O)N[C@H](C#N)C[C@@H]3CCCNC3=O)cc12. The second-order valence-electron chi connectivity index (χ2n) is 9.59. The van der Waals surface area contributed by atoms with E-state index in [0.717, 1.165) is 6.42 Å². The molecule has 1 fully saturated rings. The van der Waals surface area contributed by atoms with Gasteiger partial charge in [-0.3, -0.25) is 14.4 Å². The Hall–Kier alpha value is -2.90. The molecule has 3 atom stereocenters. The van der Waals surface area contributed by atoms with Crippen LogP contribution in [0.25, 0.3) is 10.9 Å². The summed E-state index contributed by atoms with van der Waals surface area (Å²) in [7, 11) is 0.335. The van der Waals surface area contributed by atoms with E-state index in [9.17, 15) is 19.6 Å². The first-order valence-corrected chi connectivity index (χ1v) is 14.7. The largest absolute Gasteiger partial charge is 0.496 e. The number of benzene rings is 1. The maximum absolute atomic E-state index is 13.2. The predicted octanol–water partition coefficient (Wildman–Crippen LogP) is 2.55. The molecule has 0 saturated carbocycles. The van der Waals surface area contributed by atoms with Crippen LogP contribution < -0.4 is 20.7 Å². The van der Waals surface area contributed by atoms with Gasteiger partial charge in [0.1, 0.15) is 23.5 Å². The molecule has 0 radical (unpaired) electrons. The summed E-state index contributed by atoms with van der Waals surface area (Å²) in [6, 6.07) is 5.42. The van der Waals surface area contributed by atoms with Crippen LogP contribution in [0.3, 0.4) is 0 Å². The minimum absolute atomic E-state index is 0.0934. The summed E-state index contributed by atoms with van der Waals surface area (Å²) in [5.41, 5.74) is 0.898. The number of rotatable bonds is 9. The molecule has 1 aromatic heterocycles. The van der Waals surface area contributed by atoms with Crippen molar-refractivity contribution in [2.24, 2.45) is 5.92 Å². The summed E-state index contributed by atoms with van der Waals surface area (Å²) < 4.78 is 5.36. The average Bonchev–Trinajstić information content (AvgIpc) is 3.22. The zero-order valence-corrected chi connectivity index (χ0v) is 21.9. The molecule has 1 aliphatic rings. The quantitative estimate of drug-likeness (QED) is 0.402. The van der Waals surface area contributed by atoms with E-state index in [4.69, 9.17) is 16.3 Å². The number of aromatic nitrogens is 1. The number of piperidine rings is 1. The highest BCUT2D eigenvalue weighted by Gasteiger charge is 2.30. The van der Waals surface area contributed by atoms with E-state index in [1.54, 1.807) is 18.2 Å². The van der Waals surface area contributed by atoms with Crippen LogP contribution in [-0.2, 0) is 9.59 Å². The molecular formula is C24H32ClN5O4S. The fraction of sp³-hybridized carbons (Fsp3) is 0.500. The Kier molecular flexibility index (Phi) is 8.56. The first-order valence-electron chi connectivity index (χ1n) is 11.3. The van der Waals surface area contributed by atoms with Crippen LogP contribution in [0.5, 0.6) is 5.75 Å². The van der Waals surface area contributed by atoms with Gasteiger partial charge in [0, 0.05) is 28.6 Å². The van der Waals surface area contributed by atoms with Crippen LogP contribution in [0, 0.1) is 17.2 Å². The van der Waals surface area contributed by atoms with Gasteiger partial charge in [-0.05, 0) is 56.2 Å². The van der Waals surface area contributed by atoms with Crippen molar-refractivity contribution in [3.63, 3.8) is 0 Å². The number of aromatic amines is 1. The van der Waals surface area contributed by atoms with Crippen molar-refractivity contribution in [3.8, 4) is 11.8 Å². The zero-order chi connectivity index (χ0) is 25.8. The van der Waals surface area contributed by atoms with Crippen molar-refractivity contribution in [2.75, 3.05) is 38.2 Å². The van der Waals surface area contributed by atoms with Gasteiger partial charge in [0.2, 0.25) is 11.8 Å². The van der Waals surface area contributed by atoms with Crippen LogP contribution in [0.1, 0.15) is 29.8 Å². The van der Waals surface area contributed by atoms with E-state index in [2.05, 4.69) is 27.0 Å². The summed E-state index contributed by atoms with van der Waals surface area (Å²) in [6.07, 6.45) is 7.89. The third kappa shape index (κ3) is 7.05. The summed E-state index contributed by atoms with van der Waals surface area (Å²) in [5, 5.41) is 19.1. The minimum Gasteiger partial charge on any atom is -0.496 e. The maximum Gasteiger partial charge on any atom is 0.268 e. The third-order valence-corrected chi connectivity index (χ3v) is 7.36. The van der Waals surface area contributed by atoms with Crippen LogP contribution >= 0.6 is 21.6 Å². The molecule has 0 bridgehead atoms. The molecule has 1 saturated heterocycles. The van der Waals surface area contributed by atoms with Gasteiger partial charge in [0.25, 0.3) is 5.91 Å². The Morgan fingerprint density at radius 1 is 1.29 bits per heavy atom. The Balaban J connectivity index is 1.76. The molecule has 35 heavy (non-hydrogen) atoms. The second kappa shape index (κ2) is 11.2. The number of nitrogens with zero attached hydrogens (tertiary/aromatic N) is 1. The molecule has 3 amide bonds. The normalized spacial score (nSPS) is 18.2. The second-order valence-corrected chi connectivity index (χ2v) is 14.5. The lowest BCUT2D eigenvalue weighted by molar-refractivity contribution is -0.128. The lowest BCUT2D eigenvalue weighted by Crippen LogP contribution is -2.52. The maximum atomic E-state index is 13.2. The van der Waals surface area contributed by atoms with Crippen molar-refractivity contribution >= 4 is 50.3 Å². The Morgan fingerprint density at radius 3 is 2.66 bits per heavy atom. The number of halogens is 1. The van der Waals surface area contributed by atoms with E-state index in [-0.39, 0.29) is 23.9 Å². The van der Waals surface area contributed by atoms with Gasteiger partial charge >= 0.3 is 0 Å². The topological polar surface area (TPSA) is 136 Å². The van der Waals surface area contributed by atoms with E-state index in [1.165, 1.54) is 7.11 Å². The minimum atomic E-state index is -1.19. The van der Waals surface area contributed by atoms with Crippen LogP contribution in [0.2, 0.25) is 5.02 Å². The molecule has 4 N–H and O–H groups in total. The fourth-order valence-corrected chi connectivity index (χ4v) is 5.58. The number of hydrogen-bond donors (Lipinski definition) is 4. The lowest BCUT2D eigenvalue weighted by Gasteiger charge is -2.31. The van der Waals surface area contributed by atoms with Gasteiger partial charge < -0.3 is 25.7 Å². The van der Waals surface area contributed by atoms with E-state index < -0.39 is 33.9 Å². The van der Waals surface area contributed by atoms with Gasteiger partial charge in [0.15, 0.2) is 0 Å². The van der Waals surface area contributed by atoms with Crippen molar-refractivity contribution in [1.82, 2.24) is 20.9 Å². The molecule has 1 aromatic carbocycles. The molecular weight excluding hydrogens is 490 g/mol. The number of carbonyl (C=O) groups excluding carboxylic acids is 3. The van der Waals surface area contributed by atoms with Crippen molar-refractivity contribution < 1.29 is 19.1 Å². The summed E-state index contributed by atoms with van der Waals surface area (Å²) >= 11 is 6.13. The number of methoxy groups -OCH3 is 1. The van der Waals surface area contributed by atoms with Gasteiger partial charge in [-0.15, -0.1) is 0 Å². The number of ether oxygens (including phenoxy) is 1. The highest BCUT2D eigenvalue weighted by atomic mass is 35.5. The average molecular weight is 522 g/mol. The van der Waals surface area contributed by atoms with E-state index in [0.29, 0.717) is 40.4 Å². The first-order chi connectivity index (χ1) is 16.5. The molecule has 0 unspecified atom stereocenters. The highest BCUT2D eigenvalue weighted by molar-refractivity contribution is 8.32. The monoisotopic (exact) mass is 521 g/mol. The standard InChI is InChI=1S/C24H32ClN5O4S/c1-34-21-10-15(25)9-18-17(21)11-19(29-18)23(32)30-20(13-35(2,3)4)24(33)28-16(12-26)8-14-6-5-7-27-22(14)31/h9-11,14,16,20,29H,5-8,13H2,1-4H3,(H,27,31)(H,28,33)(H,30,32)/t14-,16-,20-/m0/s1. The van der Waals surface area contributed by atoms with Gasteiger partial charge in [-0.25, -0.2) is 10.0 Å². The van der Waals surface area contributed by atoms with Crippen LogP contribution in [0.4, 0.5) is 0 Å². The Morgan fingerprint density at radius 2 is 2.03 bits per heavy atom. The molecule has 11 heteroatoms. The molecule has 190 valence electrons. The fourth-order valence-electron chi connectivity index (χ4n) is 4.14.